The van der Waals surface area contributed by atoms with Crippen molar-refractivity contribution in [1.29, 1.82) is 0 Å². The summed E-state index contributed by atoms with van der Waals surface area (Å²) in [6.45, 7) is 3.35. The van der Waals surface area contributed by atoms with Crippen molar-refractivity contribution in [2.45, 2.75) is 12.8 Å². The van der Waals surface area contributed by atoms with Gasteiger partial charge in [-0.3, -0.25) is 4.90 Å². The number of aromatic carboxylic acids is 1. The Bertz CT molecular complexity index is 476. The van der Waals surface area contributed by atoms with Gasteiger partial charge >= 0.3 is 5.97 Å². The minimum absolute atomic E-state index is 0.00407. The van der Waals surface area contributed by atoms with Crippen LogP contribution in [0.2, 0.25) is 10.0 Å². The first-order valence-electron chi connectivity index (χ1n) is 6.02. The van der Waals surface area contributed by atoms with Gasteiger partial charge in [0.15, 0.2) is 0 Å². The zero-order valence-electron chi connectivity index (χ0n) is 10.2. The number of rotatable bonds is 5. The van der Waals surface area contributed by atoms with Gasteiger partial charge in [0, 0.05) is 6.54 Å². The highest BCUT2D eigenvalue weighted by Crippen LogP contribution is 2.31. The summed E-state index contributed by atoms with van der Waals surface area (Å²) < 4.78 is 5.44. The van der Waals surface area contributed by atoms with E-state index in [2.05, 4.69) is 9.88 Å². The molecular weight excluding hydrogens is 291 g/mol. The maximum Gasteiger partial charge on any atom is 0.339 e. The van der Waals surface area contributed by atoms with Crippen molar-refractivity contribution in [3.63, 3.8) is 0 Å². The van der Waals surface area contributed by atoms with Gasteiger partial charge in [0.05, 0.1) is 11.2 Å². The third kappa shape index (κ3) is 3.49. The number of pyridine rings is 1. The summed E-state index contributed by atoms with van der Waals surface area (Å²) in [5, 5.41) is 8.96. The molecule has 1 saturated heterocycles. The Hall–Kier alpha value is -1.04. The second-order valence-electron chi connectivity index (χ2n) is 4.30. The van der Waals surface area contributed by atoms with E-state index in [0.717, 1.165) is 19.6 Å². The Morgan fingerprint density at radius 2 is 2.11 bits per heavy atom. The van der Waals surface area contributed by atoms with Crippen LogP contribution in [0, 0.1) is 0 Å². The van der Waals surface area contributed by atoms with Gasteiger partial charge in [-0.25, -0.2) is 9.78 Å². The van der Waals surface area contributed by atoms with Crippen molar-refractivity contribution in [3.05, 3.63) is 21.8 Å². The maximum atomic E-state index is 11.0. The molecule has 0 unspecified atom stereocenters. The lowest BCUT2D eigenvalue weighted by Crippen LogP contribution is -2.25. The molecule has 104 valence electrons. The average molecular weight is 305 g/mol. The molecule has 0 radical (unpaired) electrons. The van der Waals surface area contributed by atoms with E-state index >= 15 is 0 Å². The van der Waals surface area contributed by atoms with Crippen LogP contribution in [-0.2, 0) is 0 Å². The molecule has 2 rings (SSSR count). The number of carboxylic acid groups (broad SMARTS) is 1. The Morgan fingerprint density at radius 3 is 2.74 bits per heavy atom. The number of halogens is 2. The minimum Gasteiger partial charge on any atom is -0.478 e. The second-order valence-corrected chi connectivity index (χ2v) is 5.09. The number of carbonyl (C=O) groups is 1. The van der Waals surface area contributed by atoms with Gasteiger partial charge in [-0.15, -0.1) is 0 Å². The van der Waals surface area contributed by atoms with Gasteiger partial charge in [0.25, 0.3) is 0 Å². The lowest BCUT2D eigenvalue weighted by Gasteiger charge is -2.15. The molecule has 0 atom stereocenters. The van der Waals surface area contributed by atoms with Gasteiger partial charge in [-0.05, 0) is 25.9 Å². The maximum absolute atomic E-state index is 11.0. The first-order valence-corrected chi connectivity index (χ1v) is 6.77. The third-order valence-corrected chi connectivity index (χ3v) is 3.64. The van der Waals surface area contributed by atoms with Crippen molar-refractivity contribution in [3.8, 4) is 5.88 Å². The molecule has 1 aromatic rings. The molecule has 0 amide bonds. The third-order valence-electron chi connectivity index (χ3n) is 3.00. The van der Waals surface area contributed by atoms with Crippen LogP contribution in [0.1, 0.15) is 23.2 Å². The lowest BCUT2D eigenvalue weighted by molar-refractivity contribution is 0.0696. The number of carboxylic acids is 1. The molecule has 0 saturated carbocycles. The molecule has 1 N–H and O–H groups in total. The van der Waals surface area contributed by atoms with E-state index in [0.29, 0.717) is 6.61 Å². The van der Waals surface area contributed by atoms with Gasteiger partial charge in [0.1, 0.15) is 17.2 Å². The predicted octanol–water partition coefficient (Wildman–Crippen LogP) is 2.56. The Labute approximate surface area is 121 Å². The highest BCUT2D eigenvalue weighted by Gasteiger charge is 2.19. The molecule has 2 heterocycles. The molecule has 1 aliphatic rings. The molecule has 0 spiro atoms. The summed E-state index contributed by atoms with van der Waals surface area (Å²) in [7, 11) is 0. The minimum atomic E-state index is -1.19. The SMILES string of the molecule is O=C(O)c1c(Cl)cnc(OCCN2CCCC2)c1Cl. The fraction of sp³-hybridized carbons (Fsp3) is 0.500. The van der Waals surface area contributed by atoms with E-state index in [-0.39, 0.29) is 21.5 Å². The molecule has 0 bridgehead atoms. The van der Waals surface area contributed by atoms with Gasteiger partial charge in [-0.2, -0.15) is 0 Å². The highest BCUT2D eigenvalue weighted by atomic mass is 35.5. The molecule has 0 aromatic carbocycles. The predicted molar refractivity (Wildman–Crippen MR) is 72.4 cm³/mol. The number of nitrogens with zero attached hydrogens (tertiary/aromatic N) is 2. The fourth-order valence-electron chi connectivity index (χ4n) is 2.02. The van der Waals surface area contributed by atoms with Crippen molar-refractivity contribution < 1.29 is 14.6 Å². The van der Waals surface area contributed by atoms with Crippen molar-refractivity contribution in [2.24, 2.45) is 0 Å². The average Bonchev–Trinajstić information content (AvgIpc) is 2.85. The van der Waals surface area contributed by atoms with Crippen LogP contribution in [0.5, 0.6) is 5.88 Å². The van der Waals surface area contributed by atoms with Crippen LogP contribution in [0.15, 0.2) is 6.20 Å². The Balaban J connectivity index is 2.00. The van der Waals surface area contributed by atoms with E-state index in [1.807, 2.05) is 0 Å². The standard InChI is InChI=1S/C12H14Cl2N2O3/c13-8-7-15-11(10(14)9(8)12(17)18)19-6-5-16-3-1-2-4-16/h7H,1-6H2,(H,17,18). The molecular formula is C12H14Cl2N2O3. The Morgan fingerprint density at radius 1 is 1.42 bits per heavy atom. The topological polar surface area (TPSA) is 62.7 Å². The summed E-state index contributed by atoms with van der Waals surface area (Å²) in [6.07, 6.45) is 3.66. The zero-order chi connectivity index (χ0) is 13.8. The monoisotopic (exact) mass is 304 g/mol. The normalized spacial score (nSPS) is 15.7. The van der Waals surface area contributed by atoms with Crippen LogP contribution in [0.4, 0.5) is 0 Å². The highest BCUT2D eigenvalue weighted by molar-refractivity contribution is 6.39. The first kappa shape index (κ1) is 14.4. The van der Waals surface area contributed by atoms with Crippen LogP contribution >= 0.6 is 23.2 Å². The lowest BCUT2D eigenvalue weighted by atomic mass is 10.2. The zero-order valence-corrected chi connectivity index (χ0v) is 11.7. The second kappa shape index (κ2) is 6.41. The van der Waals surface area contributed by atoms with Gasteiger partial charge in [0.2, 0.25) is 5.88 Å². The number of hydrogen-bond acceptors (Lipinski definition) is 4. The van der Waals surface area contributed by atoms with Crippen molar-refractivity contribution >= 4 is 29.2 Å². The fourth-order valence-corrected chi connectivity index (χ4v) is 2.58. The molecule has 1 fully saturated rings. The van der Waals surface area contributed by atoms with E-state index in [1.54, 1.807) is 0 Å². The van der Waals surface area contributed by atoms with Crippen LogP contribution in [-0.4, -0.2) is 47.2 Å². The summed E-state index contributed by atoms with van der Waals surface area (Å²) in [6, 6.07) is 0. The quantitative estimate of drug-likeness (QED) is 0.906. The van der Waals surface area contributed by atoms with Gasteiger partial charge < -0.3 is 9.84 Å². The summed E-state index contributed by atoms with van der Waals surface area (Å²) >= 11 is 11.7. The van der Waals surface area contributed by atoms with Gasteiger partial charge in [-0.1, -0.05) is 23.2 Å². The van der Waals surface area contributed by atoms with Crippen molar-refractivity contribution in [1.82, 2.24) is 9.88 Å². The first-order chi connectivity index (χ1) is 9.09. The summed E-state index contributed by atoms with van der Waals surface area (Å²) in [5.41, 5.74) is -0.172. The number of aromatic nitrogens is 1. The van der Waals surface area contributed by atoms with Crippen LogP contribution < -0.4 is 4.74 Å². The van der Waals surface area contributed by atoms with E-state index in [1.165, 1.54) is 19.0 Å². The number of likely N-dealkylation sites (tertiary alicyclic amines) is 1. The molecule has 1 aliphatic heterocycles. The smallest absolute Gasteiger partial charge is 0.339 e. The molecule has 7 heteroatoms. The van der Waals surface area contributed by atoms with E-state index in [4.69, 9.17) is 33.0 Å². The largest absolute Gasteiger partial charge is 0.478 e. The summed E-state index contributed by atoms with van der Waals surface area (Å²) in [5.74, 6) is -1.08. The number of hydrogen-bond donors (Lipinski definition) is 1. The molecule has 0 aliphatic carbocycles. The van der Waals surface area contributed by atoms with Crippen LogP contribution in [0.25, 0.3) is 0 Å². The molecule has 5 nitrogen and oxygen atoms in total. The molecule has 19 heavy (non-hydrogen) atoms. The van der Waals surface area contributed by atoms with E-state index in [9.17, 15) is 4.79 Å². The summed E-state index contributed by atoms with van der Waals surface area (Å²) in [4.78, 5) is 17.2. The van der Waals surface area contributed by atoms with E-state index < -0.39 is 5.97 Å². The van der Waals surface area contributed by atoms with Crippen LogP contribution in [0.3, 0.4) is 0 Å². The Kier molecular flexibility index (Phi) is 4.85. The molecule has 1 aromatic heterocycles. The van der Waals surface area contributed by atoms with Crippen molar-refractivity contribution in [2.75, 3.05) is 26.2 Å². The number of ether oxygens (including phenoxy) is 1.